The van der Waals surface area contributed by atoms with Crippen LogP contribution in [-0.2, 0) is 4.79 Å². The summed E-state index contributed by atoms with van der Waals surface area (Å²) in [4.78, 5) is 12.0. The van der Waals surface area contributed by atoms with Gasteiger partial charge < -0.3 is 15.4 Å². The molecule has 0 radical (unpaired) electrons. The Morgan fingerprint density at radius 2 is 2.30 bits per heavy atom. The summed E-state index contributed by atoms with van der Waals surface area (Å²) in [5.41, 5.74) is 1.05. The first-order chi connectivity index (χ1) is 9.11. The van der Waals surface area contributed by atoms with Gasteiger partial charge in [0.15, 0.2) is 0 Å². The summed E-state index contributed by atoms with van der Waals surface area (Å²) in [5, 5.41) is 6.24. The number of halogens is 2. The van der Waals surface area contributed by atoms with Crippen LogP contribution in [0.2, 0.25) is 0 Å². The second-order valence-corrected chi connectivity index (χ2v) is 5.63. The molecule has 0 aromatic heterocycles. The van der Waals surface area contributed by atoms with Gasteiger partial charge in [-0.25, -0.2) is 0 Å². The molecule has 6 heteroatoms. The van der Waals surface area contributed by atoms with Gasteiger partial charge in [0.05, 0.1) is 23.7 Å². The maximum Gasteiger partial charge on any atom is 0.237 e. The van der Waals surface area contributed by atoms with Crippen molar-refractivity contribution in [2.24, 2.45) is 0 Å². The van der Waals surface area contributed by atoms with Crippen molar-refractivity contribution in [2.75, 3.05) is 13.7 Å². The van der Waals surface area contributed by atoms with E-state index in [0.29, 0.717) is 0 Å². The quantitative estimate of drug-likeness (QED) is 0.865. The number of benzene rings is 1. The van der Waals surface area contributed by atoms with E-state index in [1.54, 1.807) is 7.11 Å². The standard InChI is InChI=1S/C14H19BrN2O2.ClH/c1-9(17-14(18)12-4-3-7-16-12)10-5-6-13(19-2)11(15)8-10;/h5-6,8-9,12,16H,3-4,7H2,1-2H3,(H,17,18);1H/t9?,12-;/m0./s1. The molecule has 0 bridgehead atoms. The van der Waals surface area contributed by atoms with Crippen molar-refractivity contribution in [1.29, 1.82) is 0 Å². The Morgan fingerprint density at radius 3 is 2.85 bits per heavy atom. The van der Waals surface area contributed by atoms with Crippen LogP contribution < -0.4 is 15.4 Å². The molecule has 0 aliphatic carbocycles. The summed E-state index contributed by atoms with van der Waals surface area (Å²) in [6.45, 7) is 2.92. The van der Waals surface area contributed by atoms with Crippen LogP contribution in [0.25, 0.3) is 0 Å². The topological polar surface area (TPSA) is 50.4 Å². The predicted octanol–water partition coefficient (Wildman–Crippen LogP) is 2.81. The van der Waals surface area contributed by atoms with Crippen molar-refractivity contribution < 1.29 is 9.53 Å². The molecule has 2 N–H and O–H groups in total. The van der Waals surface area contributed by atoms with Crippen molar-refractivity contribution in [3.63, 3.8) is 0 Å². The molecule has 1 unspecified atom stereocenters. The van der Waals surface area contributed by atoms with Gasteiger partial charge in [0, 0.05) is 0 Å². The zero-order chi connectivity index (χ0) is 13.8. The first-order valence-electron chi connectivity index (χ1n) is 6.49. The maximum atomic E-state index is 12.0. The summed E-state index contributed by atoms with van der Waals surface area (Å²) in [6, 6.07) is 5.79. The maximum absolute atomic E-state index is 12.0. The molecule has 1 heterocycles. The molecule has 1 saturated heterocycles. The van der Waals surface area contributed by atoms with Crippen molar-refractivity contribution in [3.05, 3.63) is 28.2 Å². The summed E-state index contributed by atoms with van der Waals surface area (Å²) in [7, 11) is 1.64. The van der Waals surface area contributed by atoms with E-state index in [0.717, 1.165) is 35.2 Å². The summed E-state index contributed by atoms with van der Waals surface area (Å²) in [6.07, 6.45) is 1.99. The first kappa shape index (κ1) is 17.3. The molecule has 1 amide bonds. The molecule has 2 atom stereocenters. The minimum absolute atomic E-state index is 0. The minimum Gasteiger partial charge on any atom is -0.496 e. The van der Waals surface area contributed by atoms with E-state index in [9.17, 15) is 4.79 Å². The van der Waals surface area contributed by atoms with Gasteiger partial charge in [0.25, 0.3) is 0 Å². The highest BCUT2D eigenvalue weighted by atomic mass is 79.9. The lowest BCUT2D eigenvalue weighted by Gasteiger charge is -2.18. The Balaban J connectivity index is 0.00000200. The fraction of sp³-hybridized carbons (Fsp3) is 0.500. The van der Waals surface area contributed by atoms with Crippen LogP contribution in [0.15, 0.2) is 22.7 Å². The highest BCUT2D eigenvalue weighted by Crippen LogP contribution is 2.28. The second kappa shape index (κ2) is 7.86. The molecule has 1 fully saturated rings. The largest absolute Gasteiger partial charge is 0.496 e. The number of carbonyl (C=O) groups excluding carboxylic acids is 1. The number of amides is 1. The zero-order valence-corrected chi connectivity index (χ0v) is 14.0. The molecule has 0 spiro atoms. The molecule has 20 heavy (non-hydrogen) atoms. The Hall–Kier alpha value is -0.780. The lowest BCUT2D eigenvalue weighted by molar-refractivity contribution is -0.123. The second-order valence-electron chi connectivity index (χ2n) is 4.77. The molecule has 112 valence electrons. The van der Waals surface area contributed by atoms with Crippen LogP contribution in [0.4, 0.5) is 0 Å². The van der Waals surface area contributed by atoms with Gasteiger partial charge in [-0.1, -0.05) is 6.07 Å². The fourth-order valence-corrected chi connectivity index (χ4v) is 2.82. The van der Waals surface area contributed by atoms with E-state index < -0.39 is 0 Å². The zero-order valence-electron chi connectivity index (χ0n) is 11.6. The number of hydrogen-bond acceptors (Lipinski definition) is 3. The highest BCUT2D eigenvalue weighted by molar-refractivity contribution is 9.10. The molecule has 2 rings (SSSR count). The van der Waals surface area contributed by atoms with Crippen LogP contribution >= 0.6 is 28.3 Å². The number of methoxy groups -OCH3 is 1. The molecule has 1 aliphatic heterocycles. The average molecular weight is 364 g/mol. The van der Waals surface area contributed by atoms with Gasteiger partial charge in [0.2, 0.25) is 5.91 Å². The van der Waals surface area contributed by atoms with E-state index in [2.05, 4.69) is 26.6 Å². The Bertz CT molecular complexity index is 464. The van der Waals surface area contributed by atoms with Gasteiger partial charge in [0.1, 0.15) is 5.75 Å². The number of hydrogen-bond donors (Lipinski definition) is 2. The number of nitrogens with one attached hydrogen (secondary N) is 2. The monoisotopic (exact) mass is 362 g/mol. The van der Waals surface area contributed by atoms with Gasteiger partial charge in [-0.15, -0.1) is 12.4 Å². The smallest absolute Gasteiger partial charge is 0.237 e. The van der Waals surface area contributed by atoms with Crippen LogP contribution in [-0.4, -0.2) is 25.6 Å². The van der Waals surface area contributed by atoms with E-state index in [-0.39, 0.29) is 30.4 Å². The van der Waals surface area contributed by atoms with Crippen LogP contribution in [0, 0.1) is 0 Å². The number of carbonyl (C=O) groups is 1. The van der Waals surface area contributed by atoms with Crippen LogP contribution in [0.3, 0.4) is 0 Å². The Labute approximate surface area is 134 Å². The lowest BCUT2D eigenvalue weighted by Crippen LogP contribution is -2.41. The Morgan fingerprint density at radius 1 is 1.55 bits per heavy atom. The van der Waals surface area contributed by atoms with Gasteiger partial charge in [-0.2, -0.15) is 0 Å². The lowest BCUT2D eigenvalue weighted by atomic mass is 10.1. The molecule has 1 aliphatic rings. The summed E-state index contributed by atoms with van der Waals surface area (Å²) < 4.78 is 6.09. The minimum atomic E-state index is -0.0378. The molecule has 1 aromatic carbocycles. The molecule has 0 saturated carbocycles. The molecule has 1 aromatic rings. The predicted molar refractivity (Wildman–Crippen MR) is 85.5 cm³/mol. The van der Waals surface area contributed by atoms with Crippen molar-refractivity contribution in [2.45, 2.75) is 31.8 Å². The summed E-state index contributed by atoms with van der Waals surface area (Å²) >= 11 is 3.46. The van der Waals surface area contributed by atoms with Crippen LogP contribution in [0.1, 0.15) is 31.4 Å². The number of rotatable bonds is 4. The van der Waals surface area contributed by atoms with Gasteiger partial charge in [-0.05, 0) is 59.9 Å². The van der Waals surface area contributed by atoms with E-state index >= 15 is 0 Å². The average Bonchev–Trinajstić information content (AvgIpc) is 2.92. The SMILES string of the molecule is COc1ccc(C(C)NC(=O)[C@@H]2CCCN2)cc1Br.Cl. The Kier molecular flexibility index (Phi) is 6.79. The third-order valence-corrected chi connectivity index (χ3v) is 4.03. The fourth-order valence-electron chi connectivity index (χ4n) is 2.26. The number of ether oxygens (including phenoxy) is 1. The van der Waals surface area contributed by atoms with E-state index in [1.165, 1.54) is 0 Å². The van der Waals surface area contributed by atoms with Gasteiger partial charge in [-0.3, -0.25) is 4.79 Å². The van der Waals surface area contributed by atoms with E-state index in [4.69, 9.17) is 4.74 Å². The van der Waals surface area contributed by atoms with E-state index in [1.807, 2.05) is 25.1 Å². The highest BCUT2D eigenvalue weighted by Gasteiger charge is 2.23. The molecular weight excluding hydrogens is 344 g/mol. The summed E-state index contributed by atoms with van der Waals surface area (Å²) in [5.74, 6) is 0.872. The molecule has 4 nitrogen and oxygen atoms in total. The van der Waals surface area contributed by atoms with Gasteiger partial charge >= 0.3 is 0 Å². The third-order valence-electron chi connectivity index (χ3n) is 3.41. The van der Waals surface area contributed by atoms with Crippen molar-refractivity contribution in [1.82, 2.24) is 10.6 Å². The van der Waals surface area contributed by atoms with Crippen molar-refractivity contribution in [3.8, 4) is 5.75 Å². The third kappa shape index (κ3) is 4.11. The molecular formula is C14H20BrClN2O2. The van der Waals surface area contributed by atoms with Crippen molar-refractivity contribution >= 4 is 34.2 Å². The van der Waals surface area contributed by atoms with Crippen LogP contribution in [0.5, 0.6) is 5.75 Å². The normalized spacial score (nSPS) is 19.1. The first-order valence-corrected chi connectivity index (χ1v) is 7.28.